The van der Waals surface area contributed by atoms with E-state index in [1.54, 1.807) is 44.2 Å². The van der Waals surface area contributed by atoms with Gasteiger partial charge in [-0.25, -0.2) is 4.79 Å². The number of aliphatic carboxylic acids is 1. The van der Waals surface area contributed by atoms with Gasteiger partial charge in [0.05, 0.1) is 13.0 Å². The molecule has 37 heteroatoms. The number of amides is 13. The molecule has 8 rings (SSSR count). The van der Waals surface area contributed by atoms with Crippen LogP contribution in [0, 0.1) is 16.2 Å². The molecule has 24 N–H and O–H groups in total. The zero-order valence-electron chi connectivity index (χ0n) is 61.5. The summed E-state index contributed by atoms with van der Waals surface area (Å²) in [5, 5.41) is 70.5. The van der Waals surface area contributed by atoms with Gasteiger partial charge in [0.25, 0.3) is 0 Å². The second-order valence-electron chi connectivity index (χ2n) is 28.6. The Hall–Kier alpha value is -11.9. The SMILES string of the molecule is C[C@@H]1NC(=O)C2CC(C)(C)CC[C@H](NC(=O)CNC(=O)OCC3c4ccccc4-c4ccccc43)C(=O)N[C@@H](CCCC[C@@H](C(N)=O)NC(=O)[C@H](CCCNC(=N)N)NC(=O)[C@H](Cc3cc4ccccc4[nH]3)NC1=O)C(=O)N[C@@H](CO)C(=O)N[C@@H](CC(=O)O)C(=O)N1CCCC1C(=O)N[C@@H](CCCNC(=N)N)C(=O)N2. The number of aromatic nitrogens is 1. The number of alkyl carbamates (subject to hydrolysis) is 1. The number of rotatable bonds is 19. The number of nitrogens with one attached hydrogen (secondary N) is 16. The molecule has 4 heterocycles. The molecule has 11 atom stereocenters. The Morgan fingerprint density at radius 3 is 1.78 bits per heavy atom. The van der Waals surface area contributed by atoms with E-state index < -0.39 is 186 Å². The van der Waals surface area contributed by atoms with Crippen molar-refractivity contribution in [2.45, 2.75) is 189 Å². The van der Waals surface area contributed by atoms with E-state index in [0.29, 0.717) is 11.2 Å². The van der Waals surface area contributed by atoms with E-state index in [1.165, 1.54) is 6.92 Å². The van der Waals surface area contributed by atoms with E-state index in [9.17, 15) is 63.0 Å². The average Bonchev–Trinajstić information content (AvgIpc) is 1.61. The molecule has 2 bridgehead atoms. The molecule has 1 aromatic heterocycles. The lowest BCUT2D eigenvalue weighted by atomic mass is 9.80. The number of benzene rings is 3. The summed E-state index contributed by atoms with van der Waals surface area (Å²) < 4.78 is 5.67. The molecule has 0 saturated carbocycles. The summed E-state index contributed by atoms with van der Waals surface area (Å²) in [6.07, 6.45) is -4.13. The number of hydrogen-bond acceptors (Lipinski definition) is 18. The number of hydrogen-bond donors (Lipinski definition) is 21. The van der Waals surface area contributed by atoms with Gasteiger partial charge in [-0.3, -0.25) is 73.1 Å². The molecular formula is C73H100N20O17. The van der Waals surface area contributed by atoms with Crippen molar-refractivity contribution in [1.29, 1.82) is 10.8 Å². The van der Waals surface area contributed by atoms with Crippen molar-refractivity contribution in [2.24, 2.45) is 22.6 Å². The van der Waals surface area contributed by atoms with Crippen LogP contribution in [0.3, 0.4) is 0 Å². The largest absolute Gasteiger partial charge is 0.481 e. The zero-order chi connectivity index (χ0) is 79.9. The van der Waals surface area contributed by atoms with Gasteiger partial charge in [0.2, 0.25) is 70.9 Å². The van der Waals surface area contributed by atoms with Gasteiger partial charge < -0.3 is 111 Å². The monoisotopic (exact) mass is 1530 g/mol. The molecule has 2 unspecified atom stereocenters. The van der Waals surface area contributed by atoms with Crippen molar-refractivity contribution < 1.29 is 82.1 Å². The number of aliphatic hydroxyl groups excluding tert-OH is 1. The fourth-order valence-corrected chi connectivity index (χ4v) is 13.9. The summed E-state index contributed by atoms with van der Waals surface area (Å²) in [5.41, 5.74) is 20.7. The standard InChI is InChI=1S/C73H100N20O17/c1-38-60(99)89-52(32-40-31-39-15-4-9-20-46(39)83-40)65(104)87-49(23-12-28-79-70(75)76)61(100)85-47(59(74)98)21-10-11-22-48-63(102)92-55(36-94)67(106)90-53(33-58(96)97)69(108)93-30-14-25-56(93)68(107)88-50(24-13-29-80-71(77)78)62(101)91-54(66(105)82-38)34-73(2,3)27-26-51(64(103)86-48)84-57(95)35-81-72(109)110-37-45-43-18-7-5-16-41(43)42-17-6-8-19-44(42)45/h4-9,15-20,31,38,45,47-56,83,94H,10-14,21-30,32-37H2,1-3H3,(H2,74,98)(H,81,109)(H,82,105)(H,84,95)(H,85,100)(H,86,103)(H,87,104)(H,88,107)(H,89,99)(H,90,106)(H,91,101)(H,92,102)(H,96,97)(H4,75,76,79)(H4,77,78,80)/t38-,47-,48-,49-,50-,51-,52-,53-,54?,55-,56?/m0/s1. The number of carbonyl (C=O) groups is 14. The van der Waals surface area contributed by atoms with Crippen LogP contribution in [-0.2, 0) is 73.5 Å². The van der Waals surface area contributed by atoms with Gasteiger partial charge in [0, 0.05) is 43.2 Å². The minimum Gasteiger partial charge on any atom is -0.481 e. The summed E-state index contributed by atoms with van der Waals surface area (Å²) >= 11 is 0. The number of primary amides is 1. The van der Waals surface area contributed by atoms with Crippen LogP contribution in [0.15, 0.2) is 78.9 Å². The topological polar surface area (TPSA) is 590 Å². The number of nitrogens with zero attached hydrogens (tertiary/aromatic N) is 1. The lowest BCUT2D eigenvalue weighted by Crippen LogP contribution is -2.61. The molecule has 3 fully saturated rings. The third kappa shape index (κ3) is 23.8. The molecular weight excluding hydrogens is 1430 g/mol. The molecule has 37 nitrogen and oxygen atoms in total. The number of aromatic amines is 1. The number of carboxylic acid groups (broad SMARTS) is 1. The van der Waals surface area contributed by atoms with Crippen LogP contribution in [0.5, 0.6) is 0 Å². The van der Waals surface area contributed by atoms with Crippen LogP contribution in [-0.4, -0.2) is 221 Å². The van der Waals surface area contributed by atoms with Gasteiger partial charge in [0.1, 0.15) is 79.6 Å². The number of ether oxygens (including phenoxy) is 1. The second-order valence-corrected chi connectivity index (χ2v) is 28.6. The molecule has 4 aliphatic rings. The number of nitrogens with two attached hydrogens (primary N) is 3. The Bertz CT molecular complexity index is 4020. The third-order valence-corrected chi connectivity index (χ3v) is 19.7. The lowest BCUT2D eigenvalue weighted by Gasteiger charge is -2.33. The smallest absolute Gasteiger partial charge is 0.407 e. The predicted octanol–water partition coefficient (Wildman–Crippen LogP) is -2.63. The Morgan fingerprint density at radius 1 is 0.600 bits per heavy atom. The van der Waals surface area contributed by atoms with Crippen molar-refractivity contribution >= 4 is 106 Å². The summed E-state index contributed by atoms with van der Waals surface area (Å²) in [4.78, 5) is 206. The van der Waals surface area contributed by atoms with Crippen molar-refractivity contribution in [2.75, 3.05) is 39.4 Å². The van der Waals surface area contributed by atoms with Gasteiger partial charge >= 0.3 is 12.1 Å². The molecule has 3 aromatic carbocycles. The van der Waals surface area contributed by atoms with Crippen molar-refractivity contribution in [3.8, 4) is 11.1 Å². The predicted molar refractivity (Wildman–Crippen MR) is 398 cm³/mol. The van der Waals surface area contributed by atoms with Gasteiger partial charge in [-0.2, -0.15) is 0 Å². The fourth-order valence-electron chi connectivity index (χ4n) is 13.9. The molecule has 1 aliphatic carbocycles. The Balaban J connectivity index is 1.19. The summed E-state index contributed by atoms with van der Waals surface area (Å²) in [5.74, 6) is -15.2. The highest BCUT2D eigenvalue weighted by atomic mass is 16.5. The number of carbonyl (C=O) groups excluding carboxylic acids is 13. The minimum absolute atomic E-state index is 0.0164. The van der Waals surface area contributed by atoms with Crippen LogP contribution < -0.4 is 86.3 Å². The summed E-state index contributed by atoms with van der Waals surface area (Å²) in [6.45, 7) is 2.31. The number of carboxylic acids is 1. The quantitative estimate of drug-likeness (QED) is 0.0259. The first-order chi connectivity index (χ1) is 52.4. The summed E-state index contributed by atoms with van der Waals surface area (Å²) in [6, 6.07) is 6.07. The lowest BCUT2D eigenvalue weighted by molar-refractivity contribution is -0.146. The van der Waals surface area contributed by atoms with Crippen LogP contribution >= 0.6 is 0 Å². The maximum Gasteiger partial charge on any atom is 0.407 e. The highest BCUT2D eigenvalue weighted by Crippen LogP contribution is 2.44. The first-order valence-electron chi connectivity index (χ1n) is 36.6. The van der Waals surface area contributed by atoms with E-state index in [0.717, 1.165) is 32.5 Å². The zero-order valence-corrected chi connectivity index (χ0v) is 61.5. The third-order valence-electron chi connectivity index (χ3n) is 19.7. The maximum absolute atomic E-state index is 15.2. The molecule has 4 aromatic rings. The number of para-hydroxylation sites is 1. The van der Waals surface area contributed by atoms with E-state index in [2.05, 4.69) is 74.1 Å². The fraction of sp³-hybridized carbons (Fsp3) is 0.507. The molecule has 110 heavy (non-hydrogen) atoms. The normalized spacial score (nSPS) is 24.4. The molecule has 13 amide bonds. The maximum atomic E-state index is 15.2. The number of H-pyrrole nitrogens is 1. The van der Waals surface area contributed by atoms with Crippen molar-refractivity contribution in [1.82, 2.24) is 79.0 Å². The van der Waals surface area contributed by atoms with Gasteiger partial charge in [-0.1, -0.05) is 93.4 Å². The van der Waals surface area contributed by atoms with Gasteiger partial charge in [-0.15, -0.1) is 0 Å². The number of fused-ring (bicyclic) bond motifs is 13. The van der Waals surface area contributed by atoms with E-state index in [1.807, 2.05) is 48.5 Å². The highest BCUT2D eigenvalue weighted by molar-refractivity contribution is 6.01. The van der Waals surface area contributed by atoms with Crippen molar-refractivity contribution in [3.63, 3.8) is 0 Å². The second kappa shape index (κ2) is 39.3. The van der Waals surface area contributed by atoms with Crippen molar-refractivity contribution in [3.05, 3.63) is 95.7 Å². The Kier molecular flexibility index (Phi) is 29.9. The van der Waals surface area contributed by atoms with Crippen LogP contribution in [0.25, 0.3) is 22.0 Å². The van der Waals surface area contributed by atoms with E-state index >= 15 is 14.4 Å². The first-order valence-corrected chi connectivity index (χ1v) is 36.6. The van der Waals surface area contributed by atoms with Gasteiger partial charge in [0.15, 0.2) is 11.9 Å². The number of aliphatic hydroxyl groups is 1. The Labute approximate surface area is 633 Å². The number of guanidine groups is 2. The molecule has 3 aliphatic heterocycles. The first kappa shape index (κ1) is 83.7. The average molecular weight is 1530 g/mol. The van der Waals surface area contributed by atoms with E-state index in [4.69, 9.17) is 32.8 Å². The Morgan fingerprint density at radius 2 is 1.15 bits per heavy atom. The molecule has 594 valence electrons. The van der Waals surface area contributed by atoms with Crippen LogP contribution in [0.1, 0.15) is 133 Å². The van der Waals surface area contributed by atoms with Gasteiger partial charge in [-0.05, 0) is 123 Å². The van der Waals surface area contributed by atoms with Crippen LogP contribution in [0.4, 0.5) is 4.79 Å². The summed E-state index contributed by atoms with van der Waals surface area (Å²) in [7, 11) is 0. The minimum atomic E-state index is -1.99. The molecule has 0 radical (unpaired) electrons. The van der Waals surface area contributed by atoms with E-state index in [-0.39, 0.29) is 122 Å². The highest BCUT2D eigenvalue weighted by Gasteiger charge is 2.43. The molecule has 0 spiro atoms. The van der Waals surface area contributed by atoms with Crippen LogP contribution in [0.2, 0.25) is 0 Å². The molecule has 3 saturated heterocycles.